The predicted octanol–water partition coefficient (Wildman–Crippen LogP) is 5.20. The normalized spacial score (nSPS) is 15.0. The highest BCUT2D eigenvalue weighted by Gasteiger charge is 2.21. The molecular formula is C24H27NO4. The molecule has 0 bridgehead atoms. The summed E-state index contributed by atoms with van der Waals surface area (Å²) < 4.78 is 12.0. The summed E-state index contributed by atoms with van der Waals surface area (Å²) in [7, 11) is 0. The second-order valence-electron chi connectivity index (χ2n) is 8.02. The second kappa shape index (κ2) is 7.91. The van der Waals surface area contributed by atoms with Crippen molar-refractivity contribution < 1.29 is 14.3 Å². The van der Waals surface area contributed by atoms with Crippen molar-refractivity contribution in [3.05, 3.63) is 63.0 Å². The van der Waals surface area contributed by atoms with Crippen LogP contribution in [0.25, 0.3) is 11.0 Å². The van der Waals surface area contributed by atoms with E-state index in [1.165, 1.54) is 6.42 Å². The van der Waals surface area contributed by atoms with Crippen LogP contribution in [0.4, 0.5) is 0 Å². The molecule has 0 atom stereocenters. The van der Waals surface area contributed by atoms with Crippen LogP contribution in [-0.4, -0.2) is 23.1 Å². The Balaban J connectivity index is 1.77. The Bertz CT molecular complexity index is 1090. The van der Waals surface area contributed by atoms with Gasteiger partial charge in [0.25, 0.3) is 0 Å². The topological polar surface area (TPSA) is 62.9 Å². The Kier molecular flexibility index (Phi) is 5.33. The fraction of sp³-hybridized carbons (Fsp3) is 0.375. The maximum absolute atomic E-state index is 13.2. The molecule has 2 heterocycles. The van der Waals surface area contributed by atoms with Crippen LogP contribution in [0.3, 0.4) is 0 Å². The van der Waals surface area contributed by atoms with Gasteiger partial charge in [0, 0.05) is 6.54 Å². The Hall–Kier alpha value is -2.79. The van der Waals surface area contributed by atoms with Crippen molar-refractivity contribution in [1.29, 1.82) is 0 Å². The summed E-state index contributed by atoms with van der Waals surface area (Å²) in [6.45, 7) is 8.27. The predicted molar refractivity (Wildman–Crippen MR) is 114 cm³/mol. The van der Waals surface area contributed by atoms with Crippen molar-refractivity contribution in [2.45, 2.75) is 46.6 Å². The lowest BCUT2D eigenvalue weighted by Gasteiger charge is -2.26. The third kappa shape index (κ3) is 4.01. The number of ether oxygens (including phenoxy) is 1. The zero-order valence-electron chi connectivity index (χ0n) is 17.2. The maximum atomic E-state index is 13.2. The van der Waals surface area contributed by atoms with Gasteiger partial charge >= 0.3 is 0 Å². The minimum atomic E-state index is -0.220. The molecule has 4 rings (SSSR count). The fourth-order valence-electron chi connectivity index (χ4n) is 4.12. The largest absolute Gasteiger partial charge is 0.507 e. The Morgan fingerprint density at radius 2 is 1.72 bits per heavy atom. The standard InChI is InChI=1S/C24H27NO4/c1-15-11-16(2)13-18(12-15)29-23-17(3)28-24-19(22(23)27)7-8-21(26)20(24)14-25-9-5-4-6-10-25/h7-8,11-13,26H,4-6,9-10,14H2,1-3H3. The first kappa shape index (κ1) is 19.5. The molecule has 1 aliphatic rings. The highest BCUT2D eigenvalue weighted by molar-refractivity contribution is 5.83. The third-order valence-electron chi connectivity index (χ3n) is 5.51. The average molecular weight is 393 g/mol. The third-order valence-corrected chi connectivity index (χ3v) is 5.51. The molecule has 5 heteroatoms. The Labute approximate surface area is 170 Å². The zero-order chi connectivity index (χ0) is 20.5. The van der Waals surface area contributed by atoms with E-state index in [1.54, 1.807) is 19.1 Å². The van der Waals surface area contributed by atoms with Gasteiger partial charge in [-0.05, 0) is 82.1 Å². The summed E-state index contributed by atoms with van der Waals surface area (Å²) in [5.41, 5.74) is 3.03. The quantitative estimate of drug-likeness (QED) is 0.660. The van der Waals surface area contributed by atoms with Gasteiger partial charge in [0.05, 0.1) is 10.9 Å². The van der Waals surface area contributed by atoms with Gasteiger partial charge in [0.2, 0.25) is 11.2 Å². The zero-order valence-corrected chi connectivity index (χ0v) is 17.2. The van der Waals surface area contributed by atoms with Crippen LogP contribution >= 0.6 is 0 Å². The van der Waals surface area contributed by atoms with E-state index in [0.29, 0.717) is 34.6 Å². The molecular weight excluding hydrogens is 366 g/mol. The molecule has 5 nitrogen and oxygen atoms in total. The summed E-state index contributed by atoms with van der Waals surface area (Å²) >= 11 is 0. The number of hydrogen-bond acceptors (Lipinski definition) is 5. The van der Waals surface area contributed by atoms with Gasteiger partial charge in [-0.2, -0.15) is 0 Å². The monoisotopic (exact) mass is 393 g/mol. The lowest BCUT2D eigenvalue weighted by atomic mass is 10.1. The summed E-state index contributed by atoms with van der Waals surface area (Å²) in [6, 6.07) is 9.04. The van der Waals surface area contributed by atoms with Crippen LogP contribution < -0.4 is 10.2 Å². The first-order valence-electron chi connectivity index (χ1n) is 10.2. The SMILES string of the molecule is Cc1cc(C)cc(Oc2c(C)oc3c(CN4CCCCC4)c(O)ccc3c2=O)c1. The molecule has 2 aromatic carbocycles. The van der Waals surface area contributed by atoms with Gasteiger partial charge in [-0.25, -0.2) is 0 Å². The molecule has 1 N–H and O–H groups in total. The van der Waals surface area contributed by atoms with Gasteiger partial charge in [0.15, 0.2) is 0 Å². The summed E-state index contributed by atoms with van der Waals surface area (Å²) in [5.74, 6) is 1.38. The minimum absolute atomic E-state index is 0.161. The first-order valence-corrected chi connectivity index (χ1v) is 10.2. The molecule has 0 amide bonds. The number of fused-ring (bicyclic) bond motifs is 1. The van der Waals surface area contributed by atoms with Crippen LogP contribution in [0.2, 0.25) is 0 Å². The molecule has 0 spiro atoms. The van der Waals surface area contributed by atoms with Gasteiger partial charge in [0.1, 0.15) is 22.8 Å². The van der Waals surface area contributed by atoms with E-state index in [1.807, 2.05) is 26.0 Å². The van der Waals surface area contributed by atoms with E-state index in [9.17, 15) is 9.90 Å². The molecule has 0 unspecified atom stereocenters. The van der Waals surface area contributed by atoms with Gasteiger partial charge < -0.3 is 14.3 Å². The molecule has 0 saturated carbocycles. The lowest BCUT2D eigenvalue weighted by Crippen LogP contribution is -2.29. The Morgan fingerprint density at radius 3 is 2.41 bits per heavy atom. The van der Waals surface area contributed by atoms with Gasteiger partial charge in [-0.15, -0.1) is 0 Å². The molecule has 152 valence electrons. The van der Waals surface area contributed by atoms with Gasteiger partial charge in [-0.3, -0.25) is 9.69 Å². The van der Waals surface area contributed by atoms with E-state index in [-0.39, 0.29) is 16.9 Å². The fourth-order valence-corrected chi connectivity index (χ4v) is 4.12. The van der Waals surface area contributed by atoms with Crippen LogP contribution in [0.1, 0.15) is 41.7 Å². The van der Waals surface area contributed by atoms with Crippen molar-refractivity contribution in [2.24, 2.45) is 0 Å². The maximum Gasteiger partial charge on any atom is 0.235 e. The summed E-state index contributed by atoms with van der Waals surface area (Å²) in [5, 5.41) is 10.9. The number of phenols is 1. The van der Waals surface area contributed by atoms with Crippen LogP contribution in [-0.2, 0) is 6.54 Å². The van der Waals surface area contributed by atoms with E-state index in [0.717, 1.165) is 37.1 Å². The van der Waals surface area contributed by atoms with E-state index in [2.05, 4.69) is 11.0 Å². The lowest BCUT2D eigenvalue weighted by molar-refractivity contribution is 0.218. The number of aromatic hydroxyl groups is 1. The van der Waals surface area contributed by atoms with Crippen molar-refractivity contribution in [3.8, 4) is 17.2 Å². The van der Waals surface area contributed by atoms with Crippen LogP contribution in [0.15, 0.2) is 39.5 Å². The molecule has 0 aliphatic carbocycles. The van der Waals surface area contributed by atoms with Crippen LogP contribution in [0.5, 0.6) is 17.2 Å². The molecule has 29 heavy (non-hydrogen) atoms. The van der Waals surface area contributed by atoms with Crippen LogP contribution in [0, 0.1) is 20.8 Å². The van der Waals surface area contributed by atoms with Crippen molar-refractivity contribution in [1.82, 2.24) is 4.90 Å². The summed E-state index contributed by atoms with van der Waals surface area (Å²) in [4.78, 5) is 15.5. The number of rotatable bonds is 4. The van der Waals surface area contributed by atoms with E-state index in [4.69, 9.17) is 9.15 Å². The van der Waals surface area contributed by atoms with E-state index >= 15 is 0 Å². The molecule has 1 saturated heterocycles. The Morgan fingerprint density at radius 1 is 1.03 bits per heavy atom. The number of piperidine rings is 1. The second-order valence-corrected chi connectivity index (χ2v) is 8.02. The number of benzene rings is 2. The number of hydrogen-bond donors (Lipinski definition) is 1. The highest BCUT2D eigenvalue weighted by Crippen LogP contribution is 2.32. The molecule has 1 aliphatic heterocycles. The smallest absolute Gasteiger partial charge is 0.235 e. The first-order chi connectivity index (χ1) is 13.9. The van der Waals surface area contributed by atoms with Crippen molar-refractivity contribution in [2.75, 3.05) is 13.1 Å². The number of aryl methyl sites for hydroxylation is 3. The minimum Gasteiger partial charge on any atom is -0.507 e. The number of likely N-dealkylation sites (tertiary alicyclic amines) is 1. The highest BCUT2D eigenvalue weighted by atomic mass is 16.5. The van der Waals surface area contributed by atoms with Gasteiger partial charge in [-0.1, -0.05) is 12.5 Å². The average Bonchev–Trinajstić information content (AvgIpc) is 2.67. The number of phenolic OH excluding ortho intramolecular Hbond substituents is 1. The molecule has 0 radical (unpaired) electrons. The van der Waals surface area contributed by atoms with E-state index < -0.39 is 0 Å². The molecule has 3 aromatic rings. The van der Waals surface area contributed by atoms with Crippen molar-refractivity contribution >= 4 is 11.0 Å². The molecule has 1 aromatic heterocycles. The summed E-state index contributed by atoms with van der Waals surface area (Å²) in [6.07, 6.45) is 3.55. The molecule has 1 fully saturated rings. The number of nitrogens with zero attached hydrogens (tertiary/aromatic N) is 1. The van der Waals surface area contributed by atoms with Crippen molar-refractivity contribution in [3.63, 3.8) is 0 Å².